The van der Waals surface area contributed by atoms with Gasteiger partial charge < -0.3 is 0 Å². The zero-order chi connectivity index (χ0) is 9.35. The molecule has 0 radical (unpaired) electrons. The van der Waals surface area contributed by atoms with Crippen molar-refractivity contribution in [3.8, 4) is 6.07 Å². The topological polar surface area (TPSA) is 53.7 Å². The molecule has 0 unspecified atom stereocenters. The van der Waals surface area contributed by atoms with Gasteiger partial charge in [0.15, 0.2) is 11.2 Å². The van der Waals surface area contributed by atoms with Crippen LogP contribution in [0.25, 0.3) is 0 Å². The van der Waals surface area contributed by atoms with Crippen molar-refractivity contribution in [2.45, 2.75) is 26.2 Å². The fourth-order valence-corrected chi connectivity index (χ4v) is 0.951. The third-order valence-corrected chi connectivity index (χ3v) is 1.61. The summed E-state index contributed by atoms with van der Waals surface area (Å²) in [5.41, 5.74) is 1.05. The SMILES string of the molecule is C[n+]1onc(C(C)(C)C)c1C#N. The van der Waals surface area contributed by atoms with Crippen LogP contribution in [0.15, 0.2) is 4.63 Å². The minimum absolute atomic E-state index is 0.143. The lowest BCUT2D eigenvalue weighted by Gasteiger charge is -2.07. The monoisotopic (exact) mass is 166 g/mol. The molecule has 1 aromatic heterocycles. The number of rotatable bonds is 0. The molecule has 0 N–H and O–H groups in total. The molecule has 64 valence electrons. The summed E-state index contributed by atoms with van der Waals surface area (Å²) < 4.78 is 6.23. The molecule has 12 heavy (non-hydrogen) atoms. The maximum atomic E-state index is 8.78. The van der Waals surface area contributed by atoms with Gasteiger partial charge in [-0.2, -0.15) is 5.26 Å². The molecule has 0 saturated carbocycles. The highest BCUT2D eigenvalue weighted by atomic mass is 16.6. The van der Waals surface area contributed by atoms with Crippen LogP contribution in [0.2, 0.25) is 0 Å². The van der Waals surface area contributed by atoms with E-state index in [1.165, 1.54) is 4.74 Å². The lowest BCUT2D eigenvalue weighted by molar-refractivity contribution is -0.855. The second-order valence-electron chi connectivity index (χ2n) is 3.73. The average Bonchev–Trinajstić information content (AvgIpc) is 2.29. The Kier molecular flexibility index (Phi) is 1.89. The van der Waals surface area contributed by atoms with Gasteiger partial charge in [-0.25, -0.2) is 0 Å². The van der Waals surface area contributed by atoms with Crippen molar-refractivity contribution in [2.24, 2.45) is 7.05 Å². The van der Waals surface area contributed by atoms with E-state index in [0.29, 0.717) is 11.4 Å². The molecule has 0 spiro atoms. The number of aryl methyl sites for hydroxylation is 1. The van der Waals surface area contributed by atoms with Crippen LogP contribution in [0, 0.1) is 11.3 Å². The van der Waals surface area contributed by atoms with Gasteiger partial charge in [0.05, 0.1) is 0 Å². The zero-order valence-electron chi connectivity index (χ0n) is 7.75. The van der Waals surface area contributed by atoms with E-state index >= 15 is 0 Å². The number of nitriles is 1. The molecule has 0 aliphatic rings. The Morgan fingerprint density at radius 3 is 2.42 bits per heavy atom. The predicted molar refractivity (Wildman–Crippen MR) is 41.1 cm³/mol. The average molecular weight is 166 g/mol. The van der Waals surface area contributed by atoms with Gasteiger partial charge >= 0.3 is 0 Å². The second-order valence-corrected chi connectivity index (χ2v) is 3.73. The summed E-state index contributed by atoms with van der Waals surface area (Å²) in [7, 11) is 1.67. The van der Waals surface area contributed by atoms with Crippen molar-refractivity contribution < 1.29 is 9.37 Å². The lowest BCUT2D eigenvalue weighted by Crippen LogP contribution is -2.30. The molecule has 1 heterocycles. The lowest BCUT2D eigenvalue weighted by atomic mass is 9.91. The number of aromatic nitrogens is 2. The normalized spacial score (nSPS) is 11.2. The van der Waals surface area contributed by atoms with Crippen LogP contribution in [0.4, 0.5) is 0 Å². The Labute approximate surface area is 71.4 Å². The third kappa shape index (κ3) is 1.30. The third-order valence-electron chi connectivity index (χ3n) is 1.61. The maximum Gasteiger partial charge on any atom is 0.294 e. The predicted octanol–water partition coefficient (Wildman–Crippen LogP) is 0.668. The first-order chi connectivity index (χ1) is 5.46. The van der Waals surface area contributed by atoms with Gasteiger partial charge in [0.2, 0.25) is 0 Å². The van der Waals surface area contributed by atoms with Gasteiger partial charge in [-0.15, -0.1) is 0 Å². The molecule has 0 aliphatic heterocycles. The Bertz CT molecular complexity index is 327. The standard InChI is InChI=1S/C8H12N3O/c1-8(2,3)7-6(5-9)11(4)12-10-7/h1-4H3/q+1. The minimum Gasteiger partial charge on any atom is -0.188 e. The van der Waals surface area contributed by atoms with Crippen LogP contribution in [0.3, 0.4) is 0 Å². The summed E-state index contributed by atoms with van der Waals surface area (Å²) in [6.45, 7) is 5.98. The minimum atomic E-state index is -0.143. The molecule has 0 atom stereocenters. The molecule has 4 heteroatoms. The summed E-state index contributed by atoms with van der Waals surface area (Å²) in [6, 6.07) is 2.06. The van der Waals surface area contributed by atoms with Crippen molar-refractivity contribution in [2.75, 3.05) is 0 Å². The summed E-state index contributed by atoms with van der Waals surface area (Å²) in [4.78, 5) is 0. The smallest absolute Gasteiger partial charge is 0.188 e. The van der Waals surface area contributed by atoms with Crippen molar-refractivity contribution in [1.82, 2.24) is 5.16 Å². The Balaban J connectivity index is 3.28. The van der Waals surface area contributed by atoms with E-state index in [2.05, 4.69) is 11.2 Å². The van der Waals surface area contributed by atoms with Gasteiger partial charge in [-0.1, -0.05) is 25.4 Å². The first-order valence-electron chi connectivity index (χ1n) is 3.73. The van der Waals surface area contributed by atoms with Crippen molar-refractivity contribution in [3.05, 3.63) is 11.4 Å². The first-order valence-corrected chi connectivity index (χ1v) is 3.73. The van der Waals surface area contributed by atoms with Gasteiger partial charge in [-0.3, -0.25) is 0 Å². The molecule has 0 saturated heterocycles. The van der Waals surface area contributed by atoms with Crippen LogP contribution >= 0.6 is 0 Å². The molecule has 0 aliphatic carbocycles. The number of hydrogen-bond donors (Lipinski definition) is 0. The van der Waals surface area contributed by atoms with Crippen LogP contribution in [-0.2, 0) is 12.5 Å². The molecule has 1 aromatic rings. The first kappa shape index (κ1) is 8.72. The fourth-order valence-electron chi connectivity index (χ4n) is 0.951. The summed E-state index contributed by atoms with van der Waals surface area (Å²) in [5, 5.41) is 12.6. The molecule has 4 nitrogen and oxygen atoms in total. The van der Waals surface area contributed by atoms with Crippen LogP contribution in [-0.4, -0.2) is 5.16 Å². The van der Waals surface area contributed by atoms with E-state index in [0.717, 1.165) is 0 Å². The maximum absolute atomic E-state index is 8.78. The molecular formula is C8H12N3O+. The number of nitrogens with zero attached hydrogens (tertiary/aromatic N) is 3. The molecule has 1 rings (SSSR count). The highest BCUT2D eigenvalue weighted by Crippen LogP contribution is 2.20. The van der Waals surface area contributed by atoms with Crippen LogP contribution in [0.5, 0.6) is 0 Å². The van der Waals surface area contributed by atoms with Crippen LogP contribution in [0.1, 0.15) is 32.2 Å². The Morgan fingerprint density at radius 1 is 1.50 bits per heavy atom. The van der Waals surface area contributed by atoms with E-state index < -0.39 is 0 Å². The van der Waals surface area contributed by atoms with E-state index in [4.69, 9.17) is 9.89 Å². The highest BCUT2D eigenvalue weighted by Gasteiger charge is 2.32. The van der Waals surface area contributed by atoms with Gasteiger partial charge in [-0.05, 0) is 4.74 Å². The molecule has 0 amide bonds. The van der Waals surface area contributed by atoms with E-state index in [9.17, 15) is 0 Å². The van der Waals surface area contributed by atoms with Gasteiger partial charge in [0, 0.05) is 5.41 Å². The van der Waals surface area contributed by atoms with Crippen molar-refractivity contribution in [3.63, 3.8) is 0 Å². The molecule has 0 bridgehead atoms. The molecule has 0 aromatic carbocycles. The zero-order valence-corrected chi connectivity index (χ0v) is 7.75. The Hall–Kier alpha value is -1.37. The van der Waals surface area contributed by atoms with Crippen molar-refractivity contribution in [1.29, 1.82) is 5.26 Å². The fraction of sp³-hybridized carbons (Fsp3) is 0.625. The van der Waals surface area contributed by atoms with Crippen LogP contribution < -0.4 is 4.74 Å². The van der Waals surface area contributed by atoms with Gasteiger partial charge in [0.25, 0.3) is 11.4 Å². The van der Waals surface area contributed by atoms with Gasteiger partial charge in [0.1, 0.15) is 7.05 Å². The summed E-state index contributed by atoms with van der Waals surface area (Å²) in [5.74, 6) is 0. The Morgan fingerprint density at radius 2 is 2.08 bits per heavy atom. The van der Waals surface area contributed by atoms with E-state index in [-0.39, 0.29) is 5.41 Å². The van der Waals surface area contributed by atoms with E-state index in [1.54, 1.807) is 7.05 Å². The largest absolute Gasteiger partial charge is 0.294 e. The molecule has 0 fully saturated rings. The molecular weight excluding hydrogens is 154 g/mol. The van der Waals surface area contributed by atoms with E-state index in [1.807, 2.05) is 20.8 Å². The van der Waals surface area contributed by atoms with Crippen molar-refractivity contribution >= 4 is 0 Å². The summed E-state index contributed by atoms with van der Waals surface area (Å²) in [6.07, 6.45) is 0. The highest BCUT2D eigenvalue weighted by molar-refractivity contribution is 5.24. The number of hydrogen-bond acceptors (Lipinski definition) is 3. The second kappa shape index (κ2) is 2.59. The summed E-state index contributed by atoms with van der Waals surface area (Å²) >= 11 is 0. The quantitative estimate of drug-likeness (QED) is 0.532.